The molecule has 1 aliphatic heterocycles. The van der Waals surface area contributed by atoms with Gasteiger partial charge in [0.2, 0.25) is 11.6 Å². The second kappa shape index (κ2) is 7.54. The molecule has 0 unspecified atom stereocenters. The maximum absolute atomic E-state index is 13.3. The van der Waals surface area contributed by atoms with Crippen LogP contribution in [0.4, 0.5) is 11.5 Å². The van der Waals surface area contributed by atoms with Crippen molar-refractivity contribution in [3.63, 3.8) is 0 Å². The van der Waals surface area contributed by atoms with Crippen LogP contribution in [-0.4, -0.2) is 38.2 Å². The number of benzene rings is 2. The molecule has 0 bridgehead atoms. The summed E-state index contributed by atoms with van der Waals surface area (Å²) < 4.78 is 2.80. The van der Waals surface area contributed by atoms with Gasteiger partial charge in [0.05, 0.1) is 11.0 Å². The molecule has 0 aliphatic carbocycles. The lowest BCUT2D eigenvalue weighted by atomic mass is 10.1. The van der Waals surface area contributed by atoms with Gasteiger partial charge in [-0.05, 0) is 49.9 Å². The van der Waals surface area contributed by atoms with Crippen molar-refractivity contribution in [3.05, 3.63) is 64.1 Å². The van der Waals surface area contributed by atoms with E-state index in [4.69, 9.17) is 4.98 Å². The van der Waals surface area contributed by atoms with Crippen LogP contribution < -0.4 is 15.9 Å². The van der Waals surface area contributed by atoms with Gasteiger partial charge >= 0.3 is 5.69 Å². The summed E-state index contributed by atoms with van der Waals surface area (Å²) >= 11 is 0. The largest absolute Gasteiger partial charge is 0.353 e. The average Bonchev–Trinajstić information content (AvgIpc) is 3.39. The minimum absolute atomic E-state index is 0.165. The minimum Gasteiger partial charge on any atom is -0.353 e. The highest BCUT2D eigenvalue weighted by Gasteiger charge is 2.23. The van der Waals surface area contributed by atoms with Gasteiger partial charge in [-0.2, -0.15) is 0 Å². The summed E-state index contributed by atoms with van der Waals surface area (Å²) in [4.78, 5) is 33.0. The summed E-state index contributed by atoms with van der Waals surface area (Å²) in [6.45, 7) is 5.49. The molecule has 3 heterocycles. The third kappa shape index (κ3) is 3.34. The van der Waals surface area contributed by atoms with Crippen LogP contribution in [0.3, 0.4) is 0 Å². The number of fused-ring (bicyclic) bond motifs is 3. The number of carbonyl (C=O) groups is 1. The third-order valence-electron chi connectivity index (χ3n) is 5.83. The number of nitrogens with one attached hydrogen (secondary N) is 1. The van der Waals surface area contributed by atoms with E-state index >= 15 is 0 Å². The van der Waals surface area contributed by atoms with Crippen LogP contribution in [0.25, 0.3) is 16.7 Å². The molecule has 1 saturated heterocycles. The van der Waals surface area contributed by atoms with Crippen LogP contribution in [0.2, 0.25) is 0 Å². The van der Waals surface area contributed by atoms with Crippen molar-refractivity contribution in [1.82, 2.24) is 19.2 Å². The zero-order valence-corrected chi connectivity index (χ0v) is 17.6. The maximum atomic E-state index is 13.3. The smallest absolute Gasteiger partial charge is 0.351 e. The number of nitrogens with zero attached hydrogens (tertiary/aromatic N) is 5. The lowest BCUT2D eigenvalue weighted by Crippen LogP contribution is -2.28. The predicted molar refractivity (Wildman–Crippen MR) is 121 cm³/mol. The first-order valence-electron chi connectivity index (χ1n) is 10.5. The highest BCUT2D eigenvalue weighted by molar-refractivity contribution is 5.92. The van der Waals surface area contributed by atoms with Crippen molar-refractivity contribution in [2.45, 2.75) is 33.2 Å². The summed E-state index contributed by atoms with van der Waals surface area (Å²) in [6, 6.07) is 13.4. The van der Waals surface area contributed by atoms with Crippen molar-refractivity contribution < 1.29 is 4.79 Å². The monoisotopic (exact) mass is 416 g/mol. The van der Waals surface area contributed by atoms with E-state index in [1.165, 1.54) is 4.68 Å². The van der Waals surface area contributed by atoms with Gasteiger partial charge in [-0.1, -0.05) is 30.3 Å². The second-order valence-corrected chi connectivity index (χ2v) is 8.03. The molecule has 1 amide bonds. The maximum Gasteiger partial charge on any atom is 0.351 e. The average molecular weight is 416 g/mol. The van der Waals surface area contributed by atoms with Gasteiger partial charge < -0.3 is 10.2 Å². The Bertz CT molecular complexity index is 1340. The molecule has 1 N–H and O–H groups in total. The summed E-state index contributed by atoms with van der Waals surface area (Å²) in [6.07, 6.45) is 2.17. The fourth-order valence-electron chi connectivity index (χ4n) is 4.25. The standard InChI is InChI=1S/C23H24N6O2/c1-15-8-7-9-16(2)20(15)25-19(30)14-28-23(31)29-18-11-4-3-10-17(18)24-21(22(29)26-28)27-12-5-6-13-27/h3-4,7-11H,5-6,12-14H2,1-2H3,(H,25,30). The molecule has 8 heteroatoms. The van der Waals surface area contributed by atoms with E-state index in [9.17, 15) is 9.59 Å². The molecule has 31 heavy (non-hydrogen) atoms. The van der Waals surface area contributed by atoms with Crippen LogP contribution in [-0.2, 0) is 11.3 Å². The highest BCUT2D eigenvalue weighted by Crippen LogP contribution is 2.25. The molecule has 8 nitrogen and oxygen atoms in total. The lowest BCUT2D eigenvalue weighted by molar-refractivity contribution is -0.117. The zero-order valence-electron chi connectivity index (χ0n) is 17.6. The Morgan fingerprint density at radius 2 is 1.74 bits per heavy atom. The number of amides is 1. The molecule has 2 aromatic heterocycles. The van der Waals surface area contributed by atoms with E-state index < -0.39 is 0 Å². The summed E-state index contributed by atoms with van der Waals surface area (Å²) in [5.74, 6) is 0.407. The number of rotatable bonds is 4. The Labute approximate surface area is 179 Å². The summed E-state index contributed by atoms with van der Waals surface area (Å²) in [7, 11) is 0. The van der Waals surface area contributed by atoms with E-state index in [0.29, 0.717) is 17.0 Å². The first kappa shape index (κ1) is 19.3. The molecule has 0 radical (unpaired) electrons. The molecule has 5 rings (SSSR count). The quantitative estimate of drug-likeness (QED) is 0.553. The minimum atomic E-state index is -0.342. The van der Waals surface area contributed by atoms with Crippen molar-refractivity contribution >= 4 is 34.1 Å². The highest BCUT2D eigenvalue weighted by atomic mass is 16.2. The summed E-state index contributed by atoms with van der Waals surface area (Å²) in [5, 5.41) is 7.47. The van der Waals surface area contributed by atoms with Gasteiger partial charge in [0, 0.05) is 18.8 Å². The summed E-state index contributed by atoms with van der Waals surface area (Å²) in [5.41, 5.74) is 4.29. The molecule has 4 aromatic rings. The molecule has 158 valence electrons. The molecule has 0 atom stereocenters. The fraction of sp³-hybridized carbons (Fsp3) is 0.304. The number of para-hydroxylation sites is 3. The van der Waals surface area contributed by atoms with Crippen molar-refractivity contribution in [3.8, 4) is 0 Å². The van der Waals surface area contributed by atoms with E-state index in [1.54, 1.807) is 4.40 Å². The molecule has 2 aromatic carbocycles. The van der Waals surface area contributed by atoms with Gasteiger partial charge in [-0.25, -0.2) is 18.9 Å². The molecule has 0 spiro atoms. The van der Waals surface area contributed by atoms with Crippen molar-refractivity contribution in [2.75, 3.05) is 23.3 Å². The van der Waals surface area contributed by atoms with Crippen LogP contribution in [0.1, 0.15) is 24.0 Å². The molecular weight excluding hydrogens is 392 g/mol. The predicted octanol–water partition coefficient (Wildman–Crippen LogP) is 2.90. The molecule has 1 aliphatic rings. The molecular formula is C23H24N6O2. The Kier molecular flexibility index (Phi) is 4.69. The Morgan fingerprint density at radius 1 is 1.03 bits per heavy atom. The van der Waals surface area contributed by atoms with E-state index in [2.05, 4.69) is 15.3 Å². The lowest BCUT2D eigenvalue weighted by Gasteiger charge is -2.17. The Balaban J connectivity index is 1.58. The SMILES string of the molecule is Cc1cccc(C)c1NC(=O)Cn1nc2c(N3CCCC3)nc3ccccc3n2c1=O. The Hall–Kier alpha value is -3.68. The van der Waals surface area contributed by atoms with Gasteiger partial charge in [0.15, 0.2) is 5.82 Å². The van der Waals surface area contributed by atoms with Crippen LogP contribution >= 0.6 is 0 Å². The molecule has 0 saturated carbocycles. The number of anilines is 2. The Morgan fingerprint density at radius 3 is 2.48 bits per heavy atom. The van der Waals surface area contributed by atoms with Gasteiger partial charge in [-0.15, -0.1) is 5.10 Å². The van der Waals surface area contributed by atoms with Crippen LogP contribution in [0, 0.1) is 13.8 Å². The van der Waals surface area contributed by atoms with Crippen molar-refractivity contribution in [2.24, 2.45) is 0 Å². The first-order chi connectivity index (χ1) is 15.0. The normalized spacial score (nSPS) is 13.9. The molecule has 1 fully saturated rings. The number of carbonyl (C=O) groups excluding carboxylic acids is 1. The number of hydrogen-bond donors (Lipinski definition) is 1. The third-order valence-corrected chi connectivity index (χ3v) is 5.83. The second-order valence-electron chi connectivity index (χ2n) is 8.03. The van der Waals surface area contributed by atoms with Gasteiger partial charge in [0.25, 0.3) is 0 Å². The zero-order chi connectivity index (χ0) is 21.5. The fourth-order valence-corrected chi connectivity index (χ4v) is 4.25. The number of aryl methyl sites for hydroxylation is 2. The van der Waals surface area contributed by atoms with Crippen LogP contribution in [0.5, 0.6) is 0 Å². The number of aromatic nitrogens is 4. The van der Waals surface area contributed by atoms with Gasteiger partial charge in [-0.3, -0.25) is 4.79 Å². The number of hydrogen-bond acceptors (Lipinski definition) is 5. The van der Waals surface area contributed by atoms with E-state index in [-0.39, 0.29) is 18.1 Å². The van der Waals surface area contributed by atoms with E-state index in [1.807, 2.05) is 56.3 Å². The first-order valence-corrected chi connectivity index (χ1v) is 10.5. The van der Waals surface area contributed by atoms with Crippen LogP contribution in [0.15, 0.2) is 47.3 Å². The van der Waals surface area contributed by atoms with Gasteiger partial charge in [0.1, 0.15) is 6.54 Å². The van der Waals surface area contributed by atoms with E-state index in [0.717, 1.165) is 48.3 Å². The van der Waals surface area contributed by atoms with Crippen molar-refractivity contribution in [1.29, 1.82) is 0 Å². The topological polar surface area (TPSA) is 84.5 Å².